The third-order valence-electron chi connectivity index (χ3n) is 6.73. The molecule has 4 rings (SSSR count). The van der Waals surface area contributed by atoms with Crippen molar-refractivity contribution in [1.29, 1.82) is 0 Å². The second-order valence-corrected chi connectivity index (χ2v) is 11.5. The van der Waals surface area contributed by atoms with Crippen molar-refractivity contribution < 1.29 is 39.7 Å². The van der Waals surface area contributed by atoms with Gasteiger partial charge >= 0.3 is 16.3 Å². The number of amides is 1. The summed E-state index contributed by atoms with van der Waals surface area (Å²) in [5, 5.41) is 0. The van der Waals surface area contributed by atoms with Crippen LogP contribution in [0.25, 0.3) is 0 Å². The number of furan rings is 1. The van der Waals surface area contributed by atoms with Gasteiger partial charge in [0.1, 0.15) is 10.7 Å². The topological polar surface area (TPSA) is 86.0 Å². The van der Waals surface area contributed by atoms with Crippen molar-refractivity contribution in [1.82, 2.24) is 4.90 Å². The van der Waals surface area contributed by atoms with Crippen molar-refractivity contribution in [3.05, 3.63) is 113 Å². The molecule has 0 aliphatic carbocycles. The summed E-state index contributed by atoms with van der Waals surface area (Å²) in [6.45, 7) is 2.32. The molecule has 1 aromatic heterocycles. The van der Waals surface area contributed by atoms with Crippen molar-refractivity contribution in [2.75, 3.05) is 7.11 Å². The van der Waals surface area contributed by atoms with E-state index in [-0.39, 0.29) is 30.5 Å². The van der Waals surface area contributed by atoms with Crippen LogP contribution in [-0.4, -0.2) is 26.3 Å². The third-order valence-corrected chi connectivity index (χ3v) is 7.97. The van der Waals surface area contributed by atoms with Crippen LogP contribution in [0.2, 0.25) is 0 Å². The summed E-state index contributed by atoms with van der Waals surface area (Å²) in [6.07, 6.45) is 1.01. The molecular formula is C32H32F3NO6S. The van der Waals surface area contributed by atoms with Crippen molar-refractivity contribution in [2.24, 2.45) is 0 Å². The molecule has 11 heteroatoms. The molecule has 0 saturated carbocycles. The summed E-state index contributed by atoms with van der Waals surface area (Å²) >= 11 is 0. The van der Waals surface area contributed by atoms with Crippen molar-refractivity contribution in [3.8, 4) is 11.5 Å². The Labute approximate surface area is 249 Å². The van der Waals surface area contributed by atoms with Crippen LogP contribution in [0, 0.1) is 0 Å². The summed E-state index contributed by atoms with van der Waals surface area (Å²) in [7, 11) is -3.36. The Bertz CT molecular complexity index is 1620. The van der Waals surface area contributed by atoms with E-state index in [9.17, 15) is 26.4 Å². The molecule has 0 N–H and O–H groups in total. The molecule has 1 heterocycles. The van der Waals surface area contributed by atoms with E-state index < -0.39 is 26.8 Å². The van der Waals surface area contributed by atoms with Gasteiger partial charge in [-0.15, -0.1) is 0 Å². The van der Waals surface area contributed by atoms with Gasteiger partial charge in [-0.2, -0.15) is 21.6 Å². The Hall–Kier alpha value is -4.25. The molecule has 0 fully saturated rings. The average molecular weight is 616 g/mol. The quantitative estimate of drug-likeness (QED) is 0.113. The van der Waals surface area contributed by atoms with Gasteiger partial charge in [0.25, 0.3) is 5.91 Å². The van der Waals surface area contributed by atoms with Gasteiger partial charge in [-0.1, -0.05) is 44.0 Å². The smallest absolute Gasteiger partial charge is 0.416 e. The van der Waals surface area contributed by atoms with Gasteiger partial charge < -0.3 is 18.2 Å². The lowest BCUT2D eigenvalue weighted by atomic mass is 10.0. The number of benzene rings is 3. The van der Waals surface area contributed by atoms with E-state index in [4.69, 9.17) is 13.3 Å². The van der Waals surface area contributed by atoms with Crippen molar-refractivity contribution >= 4 is 16.0 Å². The Morgan fingerprint density at radius 3 is 2.28 bits per heavy atom. The highest BCUT2D eigenvalue weighted by atomic mass is 32.2. The molecule has 0 radical (unpaired) electrons. The summed E-state index contributed by atoms with van der Waals surface area (Å²) in [5.41, 5.74) is 0.981. The van der Waals surface area contributed by atoms with E-state index in [1.807, 2.05) is 12.1 Å². The Kier molecular flexibility index (Phi) is 10.2. The molecule has 0 atom stereocenters. The Morgan fingerprint density at radius 2 is 1.63 bits per heavy atom. The zero-order chi connectivity index (χ0) is 31.0. The van der Waals surface area contributed by atoms with Crippen LogP contribution in [-0.2, 0) is 35.8 Å². The molecule has 228 valence electrons. The minimum atomic E-state index is -4.73. The molecule has 4 aromatic rings. The molecule has 0 aliphatic rings. The van der Waals surface area contributed by atoms with Crippen LogP contribution in [0.1, 0.15) is 59.0 Å². The zero-order valence-corrected chi connectivity index (χ0v) is 24.6. The minimum absolute atomic E-state index is 0.0434. The molecule has 0 saturated heterocycles. The van der Waals surface area contributed by atoms with E-state index in [0.29, 0.717) is 23.0 Å². The largest absolute Gasteiger partial charge is 0.493 e. The highest BCUT2D eigenvalue weighted by Crippen LogP contribution is 2.34. The van der Waals surface area contributed by atoms with Crippen LogP contribution in [0.4, 0.5) is 13.2 Å². The predicted molar refractivity (Wildman–Crippen MR) is 154 cm³/mol. The monoisotopic (exact) mass is 615 g/mol. The third kappa shape index (κ3) is 8.41. The summed E-state index contributed by atoms with van der Waals surface area (Å²) in [4.78, 5) is 14.5. The summed E-state index contributed by atoms with van der Waals surface area (Å²) in [6, 6.07) is 18.6. The molecule has 3 aromatic carbocycles. The Morgan fingerprint density at radius 1 is 0.884 bits per heavy atom. The average Bonchev–Trinajstić information content (AvgIpc) is 3.50. The molecule has 1 amide bonds. The van der Waals surface area contributed by atoms with Gasteiger partial charge in [0, 0.05) is 12.1 Å². The van der Waals surface area contributed by atoms with Crippen molar-refractivity contribution in [3.63, 3.8) is 0 Å². The fraction of sp³-hybridized carbons (Fsp3) is 0.281. The lowest BCUT2D eigenvalue weighted by molar-refractivity contribution is -0.137. The number of nitrogens with zero attached hydrogens (tertiary/aromatic N) is 1. The highest BCUT2D eigenvalue weighted by molar-refractivity contribution is 7.87. The molecule has 43 heavy (non-hydrogen) atoms. The maximum absolute atomic E-state index is 13.6. The second-order valence-electron chi connectivity index (χ2n) is 9.94. The normalized spacial score (nSPS) is 11.7. The highest BCUT2D eigenvalue weighted by Gasteiger charge is 2.32. The standard InChI is InChI=1S/C32H32F3NO6S/c1-3-4-5-8-23-12-15-25(16-13-23)31(37)36(22-27-10-7-18-41-27)21-24-14-17-29(40-2)30(19-24)42-43(38,39)28-11-6-9-26(20-28)32(33,34)35/h6-7,9-20H,3-5,8,21-22H2,1-2H3. The van der Waals surface area contributed by atoms with Gasteiger partial charge in [0.2, 0.25) is 0 Å². The minimum Gasteiger partial charge on any atom is -0.493 e. The summed E-state index contributed by atoms with van der Waals surface area (Å²) in [5.74, 6) is 0.0779. The lowest BCUT2D eigenvalue weighted by Gasteiger charge is -2.23. The number of aryl methyl sites for hydroxylation is 1. The second kappa shape index (κ2) is 13.8. The molecule has 0 aliphatic heterocycles. The van der Waals surface area contributed by atoms with E-state index in [1.165, 1.54) is 30.4 Å². The number of hydrogen-bond acceptors (Lipinski definition) is 6. The molecule has 0 bridgehead atoms. The van der Waals surface area contributed by atoms with Crippen LogP contribution in [0.3, 0.4) is 0 Å². The maximum Gasteiger partial charge on any atom is 0.416 e. The lowest BCUT2D eigenvalue weighted by Crippen LogP contribution is -2.30. The number of halogens is 3. The first kappa shape index (κ1) is 31.7. The molecule has 7 nitrogen and oxygen atoms in total. The number of alkyl halides is 3. The van der Waals surface area contributed by atoms with Gasteiger partial charge in [-0.25, -0.2) is 0 Å². The van der Waals surface area contributed by atoms with E-state index in [1.54, 1.807) is 30.3 Å². The Balaban J connectivity index is 1.60. The van der Waals surface area contributed by atoms with Crippen LogP contribution in [0.5, 0.6) is 11.5 Å². The van der Waals surface area contributed by atoms with Gasteiger partial charge in [-0.05, 0) is 78.6 Å². The number of methoxy groups -OCH3 is 1. The molecule has 0 unspecified atom stereocenters. The number of carbonyl (C=O) groups is 1. The number of ether oxygens (including phenoxy) is 1. The maximum atomic E-state index is 13.6. The number of carbonyl (C=O) groups excluding carboxylic acids is 1. The van der Waals surface area contributed by atoms with E-state index >= 15 is 0 Å². The van der Waals surface area contributed by atoms with Crippen molar-refractivity contribution in [2.45, 2.75) is 56.8 Å². The van der Waals surface area contributed by atoms with Gasteiger partial charge in [0.05, 0.1) is 25.5 Å². The first-order valence-electron chi connectivity index (χ1n) is 13.7. The SMILES string of the molecule is CCCCCc1ccc(C(=O)N(Cc2ccc(OC)c(OS(=O)(=O)c3cccc(C(F)(F)F)c3)c2)Cc2ccco2)cc1. The van der Waals surface area contributed by atoms with Gasteiger partial charge in [-0.3, -0.25) is 4.79 Å². The van der Waals surface area contributed by atoms with Crippen LogP contribution in [0.15, 0.2) is 94.4 Å². The number of rotatable bonds is 13. The van der Waals surface area contributed by atoms with E-state index in [0.717, 1.165) is 49.4 Å². The fourth-order valence-electron chi connectivity index (χ4n) is 4.47. The molecular weight excluding hydrogens is 583 g/mol. The molecule has 0 spiro atoms. The summed E-state index contributed by atoms with van der Waals surface area (Å²) < 4.78 is 81.5. The van der Waals surface area contributed by atoms with Gasteiger partial charge in [0.15, 0.2) is 11.5 Å². The first-order valence-corrected chi connectivity index (χ1v) is 15.1. The van der Waals surface area contributed by atoms with Crippen LogP contribution >= 0.6 is 0 Å². The number of unbranched alkanes of at least 4 members (excludes halogenated alkanes) is 2. The first-order chi connectivity index (χ1) is 20.5. The van der Waals surface area contributed by atoms with Crippen LogP contribution < -0.4 is 8.92 Å². The predicted octanol–water partition coefficient (Wildman–Crippen LogP) is 7.65. The van der Waals surface area contributed by atoms with E-state index in [2.05, 4.69) is 6.92 Å². The number of hydrogen-bond donors (Lipinski definition) is 0. The fourth-order valence-corrected chi connectivity index (χ4v) is 5.44. The zero-order valence-electron chi connectivity index (χ0n) is 23.8.